The van der Waals surface area contributed by atoms with Crippen LogP contribution in [0.1, 0.15) is 12.8 Å². The van der Waals surface area contributed by atoms with Crippen molar-refractivity contribution < 1.29 is 9.90 Å². The number of carbonyl (C=O) groups is 1. The second kappa shape index (κ2) is 2.82. The van der Waals surface area contributed by atoms with Crippen molar-refractivity contribution in [2.75, 3.05) is 13.2 Å². The van der Waals surface area contributed by atoms with E-state index in [0.29, 0.717) is 6.42 Å². The van der Waals surface area contributed by atoms with E-state index in [9.17, 15) is 4.79 Å². The average molecular weight is 129 g/mol. The molecule has 0 spiro atoms. The summed E-state index contributed by atoms with van der Waals surface area (Å²) >= 11 is 0. The molecule has 1 saturated heterocycles. The summed E-state index contributed by atoms with van der Waals surface area (Å²) in [5.74, 6) is 0.277. The van der Waals surface area contributed by atoms with Gasteiger partial charge in [0.05, 0.1) is 0 Å². The lowest BCUT2D eigenvalue weighted by Crippen LogP contribution is -2.34. The van der Waals surface area contributed by atoms with Crippen molar-refractivity contribution in [1.82, 2.24) is 5.32 Å². The predicted molar refractivity (Wildman–Crippen MR) is 32.8 cm³/mol. The number of amides is 1. The molecule has 1 rings (SSSR count). The smallest absolute Gasteiger partial charge is 0.220 e. The molecular formula is C6H11NO2. The predicted octanol–water partition coefficient (Wildman–Crippen LogP) is -0.495. The van der Waals surface area contributed by atoms with Crippen LogP contribution in [0, 0.1) is 5.92 Å². The van der Waals surface area contributed by atoms with E-state index >= 15 is 0 Å². The van der Waals surface area contributed by atoms with Crippen LogP contribution >= 0.6 is 0 Å². The van der Waals surface area contributed by atoms with E-state index < -0.39 is 0 Å². The van der Waals surface area contributed by atoms with Crippen LogP contribution in [0.5, 0.6) is 0 Å². The van der Waals surface area contributed by atoms with Crippen LogP contribution in [0.3, 0.4) is 0 Å². The van der Waals surface area contributed by atoms with Gasteiger partial charge in [-0.05, 0) is 12.3 Å². The summed E-state index contributed by atoms with van der Waals surface area (Å²) in [4.78, 5) is 10.6. The minimum atomic E-state index is 0.0697. The van der Waals surface area contributed by atoms with Crippen molar-refractivity contribution in [2.45, 2.75) is 12.8 Å². The van der Waals surface area contributed by atoms with Crippen molar-refractivity contribution in [1.29, 1.82) is 0 Å². The monoisotopic (exact) mass is 129 g/mol. The fourth-order valence-electron chi connectivity index (χ4n) is 1.01. The van der Waals surface area contributed by atoms with Crippen LogP contribution in [0.2, 0.25) is 0 Å². The molecule has 1 aliphatic heterocycles. The number of hydrogen-bond donors (Lipinski definition) is 2. The third-order valence-corrected chi connectivity index (χ3v) is 1.61. The first-order chi connectivity index (χ1) is 4.33. The van der Waals surface area contributed by atoms with Gasteiger partial charge in [-0.25, -0.2) is 0 Å². The number of piperidine rings is 1. The highest BCUT2D eigenvalue weighted by atomic mass is 16.3. The molecule has 0 aromatic rings. The lowest BCUT2D eigenvalue weighted by atomic mass is 9.99. The number of rotatable bonds is 1. The molecule has 3 nitrogen and oxygen atoms in total. The molecule has 0 aliphatic carbocycles. The lowest BCUT2D eigenvalue weighted by molar-refractivity contribution is -0.123. The largest absolute Gasteiger partial charge is 0.396 e. The second-order valence-corrected chi connectivity index (χ2v) is 2.39. The number of hydrogen-bond acceptors (Lipinski definition) is 2. The lowest BCUT2D eigenvalue weighted by Gasteiger charge is -2.19. The Morgan fingerprint density at radius 3 is 3.00 bits per heavy atom. The summed E-state index contributed by atoms with van der Waals surface area (Å²) in [5, 5.41) is 11.3. The molecule has 52 valence electrons. The molecule has 0 saturated carbocycles. The fraction of sp³-hybridized carbons (Fsp3) is 0.833. The molecule has 9 heavy (non-hydrogen) atoms. The molecule has 0 radical (unpaired) electrons. The number of nitrogens with one attached hydrogen (secondary N) is 1. The van der Waals surface area contributed by atoms with Crippen LogP contribution in [0.4, 0.5) is 0 Å². The Bertz CT molecular complexity index is 114. The van der Waals surface area contributed by atoms with Gasteiger partial charge in [0.2, 0.25) is 5.91 Å². The van der Waals surface area contributed by atoms with Gasteiger partial charge in [-0.1, -0.05) is 0 Å². The molecule has 0 aromatic carbocycles. The van der Waals surface area contributed by atoms with Crippen molar-refractivity contribution in [2.24, 2.45) is 5.92 Å². The Morgan fingerprint density at radius 2 is 2.56 bits per heavy atom. The summed E-state index contributed by atoms with van der Waals surface area (Å²) in [5.41, 5.74) is 0. The minimum Gasteiger partial charge on any atom is -0.396 e. The zero-order valence-electron chi connectivity index (χ0n) is 5.26. The van der Waals surface area contributed by atoms with E-state index in [1.807, 2.05) is 0 Å². The molecule has 1 unspecified atom stereocenters. The van der Waals surface area contributed by atoms with Gasteiger partial charge in [-0.3, -0.25) is 4.79 Å². The van der Waals surface area contributed by atoms with Gasteiger partial charge in [0.25, 0.3) is 0 Å². The zero-order chi connectivity index (χ0) is 6.69. The van der Waals surface area contributed by atoms with E-state index in [0.717, 1.165) is 13.0 Å². The summed E-state index contributed by atoms with van der Waals surface area (Å²) in [6, 6.07) is 0. The fourth-order valence-corrected chi connectivity index (χ4v) is 1.01. The molecule has 1 heterocycles. The van der Waals surface area contributed by atoms with E-state index in [2.05, 4.69) is 5.32 Å². The van der Waals surface area contributed by atoms with Crippen molar-refractivity contribution in [3.05, 3.63) is 0 Å². The van der Waals surface area contributed by atoms with E-state index in [4.69, 9.17) is 5.11 Å². The van der Waals surface area contributed by atoms with Crippen LogP contribution in [-0.4, -0.2) is 24.2 Å². The first-order valence-electron chi connectivity index (χ1n) is 3.20. The van der Waals surface area contributed by atoms with Crippen LogP contribution in [0.15, 0.2) is 0 Å². The van der Waals surface area contributed by atoms with Crippen LogP contribution < -0.4 is 5.32 Å². The average Bonchev–Trinajstić information content (AvgIpc) is 1.88. The quantitative estimate of drug-likeness (QED) is 0.501. The van der Waals surface area contributed by atoms with Gasteiger partial charge in [0.15, 0.2) is 0 Å². The van der Waals surface area contributed by atoms with Gasteiger partial charge in [-0.2, -0.15) is 0 Å². The van der Waals surface area contributed by atoms with Gasteiger partial charge in [0, 0.05) is 19.6 Å². The van der Waals surface area contributed by atoms with E-state index in [1.165, 1.54) is 0 Å². The maximum atomic E-state index is 10.6. The van der Waals surface area contributed by atoms with Gasteiger partial charge >= 0.3 is 0 Å². The molecule has 2 N–H and O–H groups in total. The first kappa shape index (κ1) is 6.55. The third-order valence-electron chi connectivity index (χ3n) is 1.61. The number of aliphatic hydroxyl groups excluding tert-OH is 1. The molecular weight excluding hydrogens is 118 g/mol. The maximum Gasteiger partial charge on any atom is 0.220 e. The molecule has 0 aromatic heterocycles. The summed E-state index contributed by atoms with van der Waals surface area (Å²) in [6.07, 6.45) is 1.42. The molecule has 1 fully saturated rings. The normalized spacial score (nSPS) is 27.7. The Kier molecular flexibility index (Phi) is 2.05. The topological polar surface area (TPSA) is 49.3 Å². The highest BCUT2D eigenvalue weighted by Crippen LogP contribution is 2.10. The van der Waals surface area contributed by atoms with Crippen molar-refractivity contribution >= 4 is 5.91 Å². The molecule has 1 atom stereocenters. The standard InChI is InChI=1S/C6H11NO2/c8-4-5-1-2-7-6(9)3-5/h5,8H,1-4H2,(H,7,9). The van der Waals surface area contributed by atoms with Gasteiger partial charge in [0.1, 0.15) is 0 Å². The summed E-state index contributed by atoms with van der Waals surface area (Å²) in [6.45, 7) is 0.872. The minimum absolute atomic E-state index is 0.0697. The van der Waals surface area contributed by atoms with Gasteiger partial charge < -0.3 is 10.4 Å². The molecule has 0 bridgehead atoms. The first-order valence-corrected chi connectivity index (χ1v) is 3.20. The van der Waals surface area contributed by atoms with Crippen molar-refractivity contribution in [3.63, 3.8) is 0 Å². The van der Waals surface area contributed by atoms with Gasteiger partial charge in [-0.15, -0.1) is 0 Å². The third kappa shape index (κ3) is 1.68. The van der Waals surface area contributed by atoms with Crippen LogP contribution in [0.25, 0.3) is 0 Å². The Labute approximate surface area is 54.1 Å². The van der Waals surface area contributed by atoms with E-state index in [-0.39, 0.29) is 18.4 Å². The zero-order valence-corrected chi connectivity index (χ0v) is 5.26. The highest BCUT2D eigenvalue weighted by molar-refractivity contribution is 5.76. The SMILES string of the molecule is O=C1CC(CO)CCN1. The summed E-state index contributed by atoms with van der Waals surface area (Å²) in [7, 11) is 0. The Hall–Kier alpha value is -0.570. The van der Waals surface area contributed by atoms with E-state index in [1.54, 1.807) is 0 Å². The molecule has 1 amide bonds. The second-order valence-electron chi connectivity index (χ2n) is 2.39. The highest BCUT2D eigenvalue weighted by Gasteiger charge is 2.17. The summed E-state index contributed by atoms with van der Waals surface area (Å²) < 4.78 is 0. The Balaban J connectivity index is 2.32. The maximum absolute atomic E-state index is 10.6. The molecule has 1 aliphatic rings. The van der Waals surface area contributed by atoms with Crippen LogP contribution in [-0.2, 0) is 4.79 Å². The number of aliphatic hydroxyl groups is 1. The molecule has 3 heteroatoms. The number of carbonyl (C=O) groups excluding carboxylic acids is 1. The van der Waals surface area contributed by atoms with Crippen molar-refractivity contribution in [3.8, 4) is 0 Å². The Morgan fingerprint density at radius 1 is 1.78 bits per heavy atom.